The molecule has 0 radical (unpaired) electrons. The molecular weight excluding hydrogens is 290 g/mol. The molecule has 0 unspecified atom stereocenters. The summed E-state index contributed by atoms with van der Waals surface area (Å²) in [5, 5.41) is 2.94. The number of fused-ring (bicyclic) bond motifs is 1. The van der Waals surface area contributed by atoms with Gasteiger partial charge in [-0.15, -0.1) is 11.6 Å². The van der Waals surface area contributed by atoms with Gasteiger partial charge in [-0.3, -0.25) is 4.79 Å². The van der Waals surface area contributed by atoms with Crippen LogP contribution in [0, 0.1) is 0 Å². The number of ether oxygens (including phenoxy) is 1. The smallest absolute Gasteiger partial charge is 0.240 e. The van der Waals surface area contributed by atoms with Crippen LogP contribution in [0.2, 0.25) is 0 Å². The largest absolute Gasteiger partial charge is 0.494 e. The molecule has 0 aliphatic heterocycles. The molecule has 0 saturated heterocycles. The summed E-state index contributed by atoms with van der Waals surface area (Å²) in [7, 11) is 1.60. The summed E-state index contributed by atoms with van der Waals surface area (Å²) in [6.45, 7) is 6.02. The van der Waals surface area contributed by atoms with Crippen molar-refractivity contribution < 1.29 is 9.53 Å². The van der Waals surface area contributed by atoms with Crippen LogP contribution >= 0.6 is 11.6 Å². The van der Waals surface area contributed by atoms with Gasteiger partial charge in [-0.1, -0.05) is 6.07 Å². The Bertz CT molecular complexity index is 659. The number of amides is 1. The standard InChI is InChI=1S/C15H20ClN3O2/c1-15(2,3)18-13(20)9-19-10-6-5-7-11(21-4)14(10)17-12(19)8-16/h5-7H,8-9H2,1-4H3,(H,18,20). The van der Waals surface area contributed by atoms with Crippen LogP contribution in [0.1, 0.15) is 26.6 Å². The zero-order valence-corrected chi connectivity index (χ0v) is 13.5. The number of halogens is 1. The van der Waals surface area contributed by atoms with Crippen molar-refractivity contribution >= 4 is 28.5 Å². The van der Waals surface area contributed by atoms with E-state index < -0.39 is 0 Å². The molecule has 0 saturated carbocycles. The second-order valence-corrected chi connectivity index (χ2v) is 6.14. The lowest BCUT2D eigenvalue weighted by molar-refractivity contribution is -0.123. The number of methoxy groups -OCH3 is 1. The first-order valence-corrected chi connectivity index (χ1v) is 7.28. The van der Waals surface area contributed by atoms with Gasteiger partial charge in [0.15, 0.2) is 0 Å². The maximum Gasteiger partial charge on any atom is 0.240 e. The van der Waals surface area contributed by atoms with E-state index in [1.54, 1.807) is 7.11 Å². The van der Waals surface area contributed by atoms with Crippen molar-refractivity contribution in [2.45, 2.75) is 38.7 Å². The number of hydrogen-bond donors (Lipinski definition) is 1. The third-order valence-corrected chi connectivity index (χ3v) is 3.22. The molecule has 6 heteroatoms. The van der Waals surface area contributed by atoms with Crippen LogP contribution in [-0.2, 0) is 17.2 Å². The molecule has 0 spiro atoms. The fraction of sp³-hybridized carbons (Fsp3) is 0.467. The second-order valence-electron chi connectivity index (χ2n) is 5.87. The van der Waals surface area contributed by atoms with Crippen LogP contribution < -0.4 is 10.1 Å². The number of alkyl halides is 1. The fourth-order valence-electron chi connectivity index (χ4n) is 2.21. The van der Waals surface area contributed by atoms with Crippen molar-refractivity contribution in [3.05, 3.63) is 24.0 Å². The average Bonchev–Trinajstić information content (AvgIpc) is 2.74. The first-order valence-electron chi connectivity index (χ1n) is 6.75. The normalized spacial score (nSPS) is 11.7. The van der Waals surface area contributed by atoms with Crippen LogP contribution in [0.4, 0.5) is 0 Å². The van der Waals surface area contributed by atoms with E-state index in [9.17, 15) is 4.79 Å². The number of benzene rings is 1. The van der Waals surface area contributed by atoms with Gasteiger partial charge in [-0.25, -0.2) is 4.98 Å². The SMILES string of the molecule is COc1cccc2c1nc(CCl)n2CC(=O)NC(C)(C)C. The summed E-state index contributed by atoms with van der Waals surface area (Å²) in [6, 6.07) is 5.62. The second kappa shape index (κ2) is 5.93. The Labute approximate surface area is 129 Å². The summed E-state index contributed by atoms with van der Waals surface area (Å²) in [6.07, 6.45) is 0. The van der Waals surface area contributed by atoms with Gasteiger partial charge in [0.1, 0.15) is 23.6 Å². The molecule has 5 nitrogen and oxygen atoms in total. The first kappa shape index (κ1) is 15.6. The number of nitrogens with one attached hydrogen (secondary N) is 1. The van der Waals surface area contributed by atoms with E-state index in [1.165, 1.54) is 0 Å². The Morgan fingerprint density at radius 3 is 2.71 bits per heavy atom. The molecule has 0 fully saturated rings. The van der Waals surface area contributed by atoms with Crippen molar-refractivity contribution in [1.29, 1.82) is 0 Å². The van der Waals surface area contributed by atoms with E-state index in [4.69, 9.17) is 16.3 Å². The molecule has 0 atom stereocenters. The zero-order valence-electron chi connectivity index (χ0n) is 12.7. The number of rotatable bonds is 4. The highest BCUT2D eigenvalue weighted by Gasteiger charge is 2.18. The number of para-hydroxylation sites is 1. The molecule has 0 bridgehead atoms. The Balaban J connectivity index is 2.41. The molecule has 1 aromatic carbocycles. The van der Waals surface area contributed by atoms with Gasteiger partial charge in [0, 0.05) is 5.54 Å². The van der Waals surface area contributed by atoms with Gasteiger partial charge in [-0.05, 0) is 32.9 Å². The van der Waals surface area contributed by atoms with E-state index in [1.807, 2.05) is 43.5 Å². The van der Waals surface area contributed by atoms with E-state index >= 15 is 0 Å². The molecule has 2 aromatic rings. The van der Waals surface area contributed by atoms with E-state index in [-0.39, 0.29) is 23.9 Å². The molecule has 1 aromatic heterocycles. The highest BCUT2D eigenvalue weighted by Crippen LogP contribution is 2.26. The number of hydrogen-bond acceptors (Lipinski definition) is 3. The summed E-state index contributed by atoms with van der Waals surface area (Å²) in [5.41, 5.74) is 1.29. The number of carbonyl (C=O) groups excluding carboxylic acids is 1. The van der Waals surface area contributed by atoms with Crippen LogP contribution in [0.5, 0.6) is 5.75 Å². The third-order valence-electron chi connectivity index (χ3n) is 2.98. The molecular formula is C15H20ClN3O2. The third kappa shape index (κ3) is 3.47. The van der Waals surface area contributed by atoms with Gasteiger partial charge >= 0.3 is 0 Å². The van der Waals surface area contributed by atoms with Crippen LogP contribution in [0.15, 0.2) is 18.2 Å². The van der Waals surface area contributed by atoms with Gasteiger partial charge in [-0.2, -0.15) is 0 Å². The van der Waals surface area contributed by atoms with Crippen LogP contribution in [0.25, 0.3) is 11.0 Å². The van der Waals surface area contributed by atoms with E-state index in [0.29, 0.717) is 11.6 Å². The number of aromatic nitrogens is 2. The van der Waals surface area contributed by atoms with Gasteiger partial charge in [0.2, 0.25) is 5.91 Å². The minimum Gasteiger partial charge on any atom is -0.494 e. The maximum atomic E-state index is 12.2. The lowest BCUT2D eigenvalue weighted by Gasteiger charge is -2.21. The van der Waals surface area contributed by atoms with Crippen molar-refractivity contribution in [2.75, 3.05) is 7.11 Å². The van der Waals surface area contributed by atoms with Gasteiger partial charge < -0.3 is 14.6 Å². The average molecular weight is 310 g/mol. The number of imidazole rings is 1. The molecule has 2 rings (SSSR count). The van der Waals surface area contributed by atoms with Gasteiger partial charge in [0.25, 0.3) is 0 Å². The Kier molecular flexibility index (Phi) is 4.42. The van der Waals surface area contributed by atoms with Crippen LogP contribution in [-0.4, -0.2) is 28.1 Å². The minimum absolute atomic E-state index is 0.0732. The molecule has 0 aliphatic rings. The number of carbonyl (C=O) groups is 1. The number of nitrogens with zero attached hydrogens (tertiary/aromatic N) is 2. The first-order chi connectivity index (χ1) is 9.85. The Morgan fingerprint density at radius 1 is 1.43 bits per heavy atom. The predicted octanol–water partition coefficient (Wildman–Crippen LogP) is 2.70. The Hall–Kier alpha value is -1.75. The molecule has 1 heterocycles. The summed E-state index contributed by atoms with van der Waals surface area (Å²) >= 11 is 5.96. The highest BCUT2D eigenvalue weighted by atomic mass is 35.5. The lowest BCUT2D eigenvalue weighted by atomic mass is 10.1. The van der Waals surface area contributed by atoms with Crippen molar-refractivity contribution in [1.82, 2.24) is 14.9 Å². The fourth-order valence-corrected chi connectivity index (χ4v) is 2.42. The Morgan fingerprint density at radius 2 is 2.14 bits per heavy atom. The summed E-state index contributed by atoms with van der Waals surface area (Å²) in [5.74, 6) is 1.49. The van der Waals surface area contributed by atoms with E-state index in [2.05, 4.69) is 10.3 Å². The molecule has 114 valence electrons. The maximum absolute atomic E-state index is 12.2. The highest BCUT2D eigenvalue weighted by molar-refractivity contribution is 6.17. The van der Waals surface area contributed by atoms with Gasteiger partial charge in [0.05, 0.1) is 18.5 Å². The topological polar surface area (TPSA) is 56.2 Å². The lowest BCUT2D eigenvalue weighted by Crippen LogP contribution is -2.42. The van der Waals surface area contributed by atoms with Crippen LogP contribution in [0.3, 0.4) is 0 Å². The monoisotopic (exact) mass is 309 g/mol. The van der Waals surface area contributed by atoms with Crippen molar-refractivity contribution in [3.63, 3.8) is 0 Å². The molecule has 0 aliphatic carbocycles. The van der Waals surface area contributed by atoms with Crippen molar-refractivity contribution in [2.24, 2.45) is 0 Å². The minimum atomic E-state index is -0.272. The molecule has 21 heavy (non-hydrogen) atoms. The van der Waals surface area contributed by atoms with E-state index in [0.717, 1.165) is 11.0 Å². The predicted molar refractivity (Wildman–Crippen MR) is 83.7 cm³/mol. The molecule has 1 N–H and O–H groups in total. The molecule has 1 amide bonds. The quantitative estimate of drug-likeness (QED) is 0.884. The zero-order chi connectivity index (χ0) is 15.6. The summed E-state index contributed by atoms with van der Waals surface area (Å²) < 4.78 is 7.13. The summed E-state index contributed by atoms with van der Waals surface area (Å²) in [4.78, 5) is 16.6. The van der Waals surface area contributed by atoms with Crippen molar-refractivity contribution in [3.8, 4) is 5.75 Å².